The third-order valence-electron chi connectivity index (χ3n) is 2.47. The first-order valence-electron chi connectivity index (χ1n) is 5.19. The van der Waals surface area contributed by atoms with E-state index in [2.05, 4.69) is 0 Å². The van der Waals surface area contributed by atoms with Gasteiger partial charge in [-0.15, -0.1) is 0 Å². The summed E-state index contributed by atoms with van der Waals surface area (Å²) >= 11 is 4.79. The van der Waals surface area contributed by atoms with E-state index >= 15 is 0 Å². The molecule has 0 radical (unpaired) electrons. The van der Waals surface area contributed by atoms with Crippen molar-refractivity contribution < 1.29 is 4.74 Å². The molecule has 1 rings (SSSR count). The van der Waals surface area contributed by atoms with E-state index in [0.717, 1.165) is 19.4 Å². The molecule has 1 saturated carbocycles. The molecule has 1 aliphatic carbocycles. The number of nitrogens with two attached hydrogens (primary N) is 1. The number of hydrogen-bond donors (Lipinski definition) is 1. The van der Waals surface area contributed by atoms with E-state index in [0.29, 0.717) is 11.1 Å². The molecule has 2 nitrogen and oxygen atoms in total. The maximum absolute atomic E-state index is 5.72. The highest BCUT2D eigenvalue weighted by atomic mass is 32.1. The van der Waals surface area contributed by atoms with Crippen molar-refractivity contribution in [1.82, 2.24) is 0 Å². The van der Waals surface area contributed by atoms with Gasteiger partial charge in [-0.05, 0) is 25.7 Å². The van der Waals surface area contributed by atoms with Crippen LogP contribution in [-0.4, -0.2) is 17.7 Å². The van der Waals surface area contributed by atoms with E-state index in [-0.39, 0.29) is 0 Å². The summed E-state index contributed by atoms with van der Waals surface area (Å²) in [7, 11) is 0. The van der Waals surface area contributed by atoms with E-state index in [4.69, 9.17) is 22.7 Å². The molecule has 0 aromatic rings. The Morgan fingerprint density at radius 3 is 2.62 bits per heavy atom. The van der Waals surface area contributed by atoms with Crippen molar-refractivity contribution in [2.45, 2.75) is 51.0 Å². The fourth-order valence-electron chi connectivity index (χ4n) is 1.73. The summed E-state index contributed by atoms with van der Waals surface area (Å²) in [6, 6.07) is 0. The molecule has 76 valence electrons. The van der Waals surface area contributed by atoms with Gasteiger partial charge in [-0.25, -0.2) is 0 Å². The van der Waals surface area contributed by atoms with Gasteiger partial charge in [0.05, 0.1) is 11.1 Å². The second-order valence-electron chi connectivity index (χ2n) is 3.70. The van der Waals surface area contributed by atoms with Crippen LogP contribution in [0, 0.1) is 0 Å². The van der Waals surface area contributed by atoms with Gasteiger partial charge in [0.25, 0.3) is 0 Å². The molecule has 0 aromatic heterocycles. The highest BCUT2D eigenvalue weighted by Gasteiger charge is 2.12. The highest BCUT2D eigenvalue weighted by molar-refractivity contribution is 7.80. The van der Waals surface area contributed by atoms with Gasteiger partial charge in [-0.1, -0.05) is 31.5 Å². The Balaban J connectivity index is 1.95. The molecule has 2 N–H and O–H groups in total. The molecular weight excluding hydrogens is 182 g/mol. The molecule has 0 amide bonds. The number of rotatable bonds is 5. The van der Waals surface area contributed by atoms with Crippen molar-refractivity contribution in [3.05, 3.63) is 0 Å². The first-order valence-corrected chi connectivity index (χ1v) is 5.60. The normalized spacial score (nSPS) is 18.8. The Morgan fingerprint density at radius 1 is 1.31 bits per heavy atom. The summed E-state index contributed by atoms with van der Waals surface area (Å²) in [5.41, 5.74) is 5.39. The van der Waals surface area contributed by atoms with Crippen LogP contribution in [-0.2, 0) is 4.74 Å². The zero-order chi connectivity index (χ0) is 9.52. The Bertz CT molecular complexity index is 155. The molecule has 0 saturated heterocycles. The Hall–Kier alpha value is -0.150. The summed E-state index contributed by atoms with van der Waals surface area (Å²) < 4.78 is 5.72. The van der Waals surface area contributed by atoms with Crippen LogP contribution in [0.1, 0.15) is 44.9 Å². The predicted molar refractivity (Wildman–Crippen MR) is 58.8 cm³/mol. The van der Waals surface area contributed by atoms with Crippen LogP contribution in [0.15, 0.2) is 0 Å². The van der Waals surface area contributed by atoms with E-state index in [9.17, 15) is 0 Å². The van der Waals surface area contributed by atoms with Gasteiger partial charge in [0, 0.05) is 6.61 Å². The molecule has 13 heavy (non-hydrogen) atoms. The van der Waals surface area contributed by atoms with Gasteiger partial charge < -0.3 is 10.5 Å². The van der Waals surface area contributed by atoms with Gasteiger partial charge in [0.15, 0.2) is 0 Å². The molecule has 0 heterocycles. The van der Waals surface area contributed by atoms with E-state index < -0.39 is 0 Å². The number of hydrogen-bond acceptors (Lipinski definition) is 2. The van der Waals surface area contributed by atoms with Gasteiger partial charge in [-0.3, -0.25) is 0 Å². The van der Waals surface area contributed by atoms with E-state index in [1.807, 2.05) is 0 Å². The molecule has 0 aromatic carbocycles. The third-order valence-corrected chi connectivity index (χ3v) is 2.68. The van der Waals surface area contributed by atoms with Crippen molar-refractivity contribution in [2.75, 3.05) is 6.61 Å². The number of ether oxygens (including phenoxy) is 1. The van der Waals surface area contributed by atoms with Crippen LogP contribution in [0.2, 0.25) is 0 Å². The molecule has 0 spiro atoms. The zero-order valence-corrected chi connectivity index (χ0v) is 8.94. The Labute approximate surface area is 85.8 Å². The monoisotopic (exact) mass is 201 g/mol. The minimum Gasteiger partial charge on any atom is -0.393 e. The Kier molecular flexibility index (Phi) is 5.32. The topological polar surface area (TPSA) is 35.2 Å². The quantitative estimate of drug-likeness (QED) is 0.548. The summed E-state index contributed by atoms with van der Waals surface area (Å²) in [4.78, 5) is 0.604. The molecule has 0 aliphatic heterocycles. The third kappa shape index (κ3) is 5.21. The van der Waals surface area contributed by atoms with Crippen molar-refractivity contribution >= 4 is 17.2 Å². The van der Waals surface area contributed by atoms with Gasteiger partial charge in [-0.2, -0.15) is 0 Å². The highest BCUT2D eigenvalue weighted by Crippen LogP contribution is 2.20. The lowest BCUT2D eigenvalue weighted by molar-refractivity contribution is 0.0279. The zero-order valence-electron chi connectivity index (χ0n) is 8.13. The summed E-state index contributed by atoms with van der Waals surface area (Å²) in [5, 5.41) is 0. The van der Waals surface area contributed by atoms with Crippen molar-refractivity contribution in [3.63, 3.8) is 0 Å². The second kappa shape index (κ2) is 6.33. The minimum atomic E-state index is 0.514. The summed E-state index contributed by atoms with van der Waals surface area (Å²) in [6.07, 6.45) is 8.85. The average Bonchev–Trinajstić information content (AvgIpc) is 2.14. The molecule has 0 bridgehead atoms. The summed E-state index contributed by atoms with van der Waals surface area (Å²) in [5.74, 6) is 0. The Morgan fingerprint density at radius 2 is 2.00 bits per heavy atom. The first kappa shape index (κ1) is 10.9. The lowest BCUT2D eigenvalue weighted by Crippen LogP contribution is -2.18. The second-order valence-corrected chi connectivity index (χ2v) is 4.23. The van der Waals surface area contributed by atoms with Crippen LogP contribution in [0.25, 0.3) is 0 Å². The van der Waals surface area contributed by atoms with E-state index in [1.54, 1.807) is 0 Å². The predicted octanol–water partition coefficient (Wildman–Crippen LogP) is 2.40. The fourth-order valence-corrected chi connectivity index (χ4v) is 1.87. The largest absolute Gasteiger partial charge is 0.393 e. The van der Waals surface area contributed by atoms with Crippen LogP contribution in [0.3, 0.4) is 0 Å². The lowest BCUT2D eigenvalue weighted by Gasteiger charge is -2.21. The lowest BCUT2D eigenvalue weighted by atomic mass is 9.98. The molecular formula is C10H19NOS. The summed E-state index contributed by atoms with van der Waals surface area (Å²) in [6.45, 7) is 0.821. The average molecular weight is 201 g/mol. The van der Waals surface area contributed by atoms with Crippen molar-refractivity contribution in [3.8, 4) is 0 Å². The molecule has 1 aliphatic rings. The number of thiocarbonyl (C=S) groups is 1. The van der Waals surface area contributed by atoms with Crippen LogP contribution < -0.4 is 5.73 Å². The van der Waals surface area contributed by atoms with Crippen molar-refractivity contribution in [1.29, 1.82) is 0 Å². The fraction of sp³-hybridized carbons (Fsp3) is 0.900. The molecule has 0 atom stereocenters. The van der Waals surface area contributed by atoms with E-state index in [1.165, 1.54) is 32.1 Å². The van der Waals surface area contributed by atoms with Crippen LogP contribution >= 0.6 is 12.2 Å². The maximum Gasteiger partial charge on any atom is 0.0728 e. The van der Waals surface area contributed by atoms with Gasteiger partial charge in [0.2, 0.25) is 0 Å². The maximum atomic E-state index is 5.72. The van der Waals surface area contributed by atoms with Crippen molar-refractivity contribution in [2.24, 2.45) is 5.73 Å². The molecule has 3 heteroatoms. The first-order chi connectivity index (χ1) is 6.29. The minimum absolute atomic E-state index is 0.514. The van der Waals surface area contributed by atoms with Crippen LogP contribution in [0.4, 0.5) is 0 Å². The SMILES string of the molecule is NC(=S)CCCOC1CCCCC1. The smallest absolute Gasteiger partial charge is 0.0728 e. The molecule has 0 unspecified atom stereocenters. The van der Waals surface area contributed by atoms with Crippen LogP contribution in [0.5, 0.6) is 0 Å². The molecule has 1 fully saturated rings. The standard InChI is InChI=1S/C10H19NOS/c11-10(13)7-4-8-12-9-5-2-1-3-6-9/h9H,1-8H2,(H2,11,13). The van der Waals surface area contributed by atoms with Gasteiger partial charge in [0.1, 0.15) is 0 Å². The van der Waals surface area contributed by atoms with Gasteiger partial charge >= 0.3 is 0 Å².